The minimum Gasteiger partial charge on any atom is -0.480 e. The van der Waals surface area contributed by atoms with E-state index in [1.54, 1.807) is 6.92 Å². The molecule has 2 N–H and O–H groups in total. The maximum Gasteiger partial charge on any atom is 0.326 e. The predicted molar refractivity (Wildman–Crippen MR) is 71.7 cm³/mol. The average molecular weight is 257 g/mol. The molecule has 1 unspecified atom stereocenters. The Morgan fingerprint density at radius 2 is 2.00 bits per heavy atom. The van der Waals surface area contributed by atoms with Crippen LogP contribution in [-0.4, -0.2) is 35.9 Å². The number of carbonyl (C=O) groups is 1. The number of carboxylic acid groups (broad SMARTS) is 1. The summed E-state index contributed by atoms with van der Waals surface area (Å²) < 4.78 is 5.81. The van der Waals surface area contributed by atoms with Gasteiger partial charge in [0.1, 0.15) is 5.54 Å². The number of ether oxygens (including phenoxy) is 1. The first-order chi connectivity index (χ1) is 8.29. The van der Waals surface area contributed by atoms with Crippen LogP contribution in [0.5, 0.6) is 0 Å². The molecule has 1 fully saturated rings. The third kappa shape index (κ3) is 4.25. The molecule has 4 heteroatoms. The van der Waals surface area contributed by atoms with Gasteiger partial charge >= 0.3 is 5.97 Å². The summed E-state index contributed by atoms with van der Waals surface area (Å²) in [5.41, 5.74) is -0.556. The summed E-state index contributed by atoms with van der Waals surface area (Å²) in [6, 6.07) is 0. The van der Waals surface area contributed by atoms with E-state index < -0.39 is 11.5 Å². The normalized spacial score (nSPS) is 23.6. The van der Waals surface area contributed by atoms with Crippen LogP contribution in [0.1, 0.15) is 53.4 Å². The van der Waals surface area contributed by atoms with Gasteiger partial charge in [0, 0.05) is 0 Å². The lowest BCUT2D eigenvalue weighted by molar-refractivity contribution is -0.148. The maximum atomic E-state index is 11.2. The van der Waals surface area contributed by atoms with Crippen LogP contribution in [0, 0.1) is 5.41 Å². The summed E-state index contributed by atoms with van der Waals surface area (Å²) in [4.78, 5) is 11.2. The Hall–Kier alpha value is -0.610. The van der Waals surface area contributed by atoms with Crippen molar-refractivity contribution in [2.24, 2.45) is 5.41 Å². The molecule has 0 amide bonds. The zero-order valence-electron chi connectivity index (χ0n) is 12.1. The van der Waals surface area contributed by atoms with E-state index in [1.165, 1.54) is 0 Å². The molecular formula is C14H27NO3. The summed E-state index contributed by atoms with van der Waals surface area (Å²) in [5, 5.41) is 12.2. The van der Waals surface area contributed by atoms with Crippen LogP contribution in [0.4, 0.5) is 0 Å². The van der Waals surface area contributed by atoms with Crippen molar-refractivity contribution in [1.29, 1.82) is 0 Å². The molecule has 1 aliphatic rings. The van der Waals surface area contributed by atoms with Gasteiger partial charge in [-0.3, -0.25) is 4.79 Å². The first kappa shape index (κ1) is 15.4. The van der Waals surface area contributed by atoms with E-state index in [1.807, 2.05) is 6.92 Å². The highest BCUT2D eigenvalue weighted by atomic mass is 16.5. The molecule has 0 heterocycles. The highest BCUT2D eigenvalue weighted by Crippen LogP contribution is 2.36. The standard InChI is InChI=1S/C14H27NO3/c1-5-15-14(4,12(16)17)10-18-11-6-8-13(2,3)9-7-11/h11,15H,5-10H2,1-4H3,(H,16,17). The largest absolute Gasteiger partial charge is 0.480 e. The number of carboxylic acids is 1. The summed E-state index contributed by atoms with van der Waals surface area (Å²) >= 11 is 0. The molecule has 1 aliphatic carbocycles. The van der Waals surface area contributed by atoms with E-state index in [0.717, 1.165) is 25.7 Å². The number of likely N-dealkylation sites (N-methyl/N-ethyl adjacent to an activating group) is 1. The Balaban J connectivity index is 2.42. The Morgan fingerprint density at radius 3 is 2.44 bits per heavy atom. The van der Waals surface area contributed by atoms with Gasteiger partial charge in [0.15, 0.2) is 0 Å². The molecule has 106 valence electrons. The number of aliphatic carboxylic acids is 1. The molecule has 0 aromatic heterocycles. The highest BCUT2D eigenvalue weighted by Gasteiger charge is 2.34. The van der Waals surface area contributed by atoms with E-state index in [4.69, 9.17) is 4.74 Å². The van der Waals surface area contributed by atoms with Gasteiger partial charge in [-0.25, -0.2) is 0 Å². The molecule has 1 atom stereocenters. The van der Waals surface area contributed by atoms with Crippen molar-refractivity contribution in [3.8, 4) is 0 Å². The number of nitrogens with one attached hydrogen (secondary N) is 1. The Labute approximate surface area is 110 Å². The second-order valence-corrected chi connectivity index (χ2v) is 6.34. The van der Waals surface area contributed by atoms with Crippen molar-refractivity contribution in [2.75, 3.05) is 13.2 Å². The van der Waals surface area contributed by atoms with Crippen molar-refractivity contribution in [2.45, 2.75) is 65.0 Å². The van der Waals surface area contributed by atoms with Gasteiger partial charge in [0.25, 0.3) is 0 Å². The van der Waals surface area contributed by atoms with Crippen LogP contribution >= 0.6 is 0 Å². The van der Waals surface area contributed by atoms with Crippen LogP contribution in [0.2, 0.25) is 0 Å². The van der Waals surface area contributed by atoms with E-state index in [9.17, 15) is 9.90 Å². The van der Waals surface area contributed by atoms with Gasteiger partial charge in [-0.1, -0.05) is 20.8 Å². The van der Waals surface area contributed by atoms with E-state index in [-0.39, 0.29) is 12.7 Å². The van der Waals surface area contributed by atoms with Crippen LogP contribution in [-0.2, 0) is 9.53 Å². The monoisotopic (exact) mass is 257 g/mol. The summed E-state index contributed by atoms with van der Waals surface area (Å²) in [6.07, 6.45) is 4.60. The molecule has 0 aromatic carbocycles. The summed E-state index contributed by atoms with van der Waals surface area (Å²) in [5.74, 6) is -0.847. The van der Waals surface area contributed by atoms with E-state index >= 15 is 0 Å². The molecule has 1 saturated carbocycles. The maximum absolute atomic E-state index is 11.2. The Kier molecular flexibility index (Phi) is 5.17. The van der Waals surface area contributed by atoms with Crippen LogP contribution in [0.15, 0.2) is 0 Å². The lowest BCUT2D eigenvalue weighted by atomic mass is 9.76. The van der Waals surface area contributed by atoms with Crippen LogP contribution in [0.25, 0.3) is 0 Å². The van der Waals surface area contributed by atoms with Crippen LogP contribution < -0.4 is 5.32 Å². The lowest BCUT2D eigenvalue weighted by Gasteiger charge is -2.36. The first-order valence-corrected chi connectivity index (χ1v) is 6.89. The van der Waals surface area contributed by atoms with Crippen LogP contribution in [0.3, 0.4) is 0 Å². The zero-order chi connectivity index (χ0) is 13.8. The molecule has 4 nitrogen and oxygen atoms in total. The first-order valence-electron chi connectivity index (χ1n) is 6.89. The minimum atomic E-state index is -0.971. The van der Waals surface area contributed by atoms with Gasteiger partial charge in [-0.2, -0.15) is 0 Å². The smallest absolute Gasteiger partial charge is 0.326 e. The third-order valence-electron chi connectivity index (χ3n) is 3.93. The van der Waals surface area contributed by atoms with Gasteiger partial charge in [0.2, 0.25) is 0 Å². The SMILES string of the molecule is CCNC(C)(COC1CCC(C)(C)CC1)C(=O)O. The minimum absolute atomic E-state index is 0.218. The van der Waals surface area contributed by atoms with Crippen molar-refractivity contribution in [1.82, 2.24) is 5.32 Å². The zero-order valence-corrected chi connectivity index (χ0v) is 12.1. The third-order valence-corrected chi connectivity index (χ3v) is 3.93. The molecule has 0 aliphatic heterocycles. The molecule has 1 rings (SSSR count). The van der Waals surface area contributed by atoms with E-state index in [2.05, 4.69) is 19.2 Å². The van der Waals surface area contributed by atoms with Crippen molar-refractivity contribution in [3.05, 3.63) is 0 Å². The average Bonchev–Trinajstić information content (AvgIpc) is 2.28. The molecule has 0 saturated heterocycles. The molecule has 0 bridgehead atoms. The highest BCUT2D eigenvalue weighted by molar-refractivity contribution is 5.78. The summed E-state index contributed by atoms with van der Waals surface area (Å²) in [7, 11) is 0. The lowest BCUT2D eigenvalue weighted by Crippen LogP contribution is -2.53. The number of hydrogen-bond donors (Lipinski definition) is 2. The van der Waals surface area contributed by atoms with E-state index in [0.29, 0.717) is 12.0 Å². The van der Waals surface area contributed by atoms with Gasteiger partial charge in [0.05, 0.1) is 12.7 Å². The number of rotatable bonds is 6. The van der Waals surface area contributed by atoms with Gasteiger partial charge < -0.3 is 15.2 Å². The van der Waals surface area contributed by atoms with Gasteiger partial charge in [-0.15, -0.1) is 0 Å². The molecule has 18 heavy (non-hydrogen) atoms. The fourth-order valence-electron chi connectivity index (χ4n) is 2.40. The van der Waals surface area contributed by atoms with Crippen molar-refractivity contribution >= 4 is 5.97 Å². The van der Waals surface area contributed by atoms with Gasteiger partial charge in [-0.05, 0) is 44.6 Å². The van der Waals surface area contributed by atoms with Crippen molar-refractivity contribution < 1.29 is 14.6 Å². The fraction of sp³-hybridized carbons (Fsp3) is 0.929. The predicted octanol–water partition coefficient (Wildman–Crippen LogP) is 2.42. The molecule has 0 radical (unpaired) electrons. The Bertz CT molecular complexity index is 281. The molecule has 0 aromatic rings. The quantitative estimate of drug-likeness (QED) is 0.767. The topological polar surface area (TPSA) is 58.6 Å². The summed E-state index contributed by atoms with van der Waals surface area (Å²) in [6.45, 7) is 9.02. The second-order valence-electron chi connectivity index (χ2n) is 6.34. The molecular weight excluding hydrogens is 230 g/mol. The van der Waals surface area contributed by atoms with Crippen molar-refractivity contribution in [3.63, 3.8) is 0 Å². The molecule has 0 spiro atoms. The Morgan fingerprint density at radius 1 is 1.44 bits per heavy atom. The second kappa shape index (κ2) is 6.02. The number of hydrogen-bond acceptors (Lipinski definition) is 3. The fourth-order valence-corrected chi connectivity index (χ4v) is 2.40.